The van der Waals surface area contributed by atoms with Crippen molar-refractivity contribution in [1.29, 1.82) is 0 Å². The van der Waals surface area contributed by atoms with E-state index in [9.17, 15) is 4.79 Å². The number of hydrogen-bond acceptors (Lipinski definition) is 7. The number of allylic oxidation sites excluding steroid dienone is 1. The summed E-state index contributed by atoms with van der Waals surface area (Å²) in [4.78, 5) is 17.4. The fourth-order valence-electron chi connectivity index (χ4n) is 3.77. The van der Waals surface area contributed by atoms with E-state index >= 15 is 0 Å². The summed E-state index contributed by atoms with van der Waals surface area (Å²) in [6.07, 6.45) is 3.25. The maximum atomic E-state index is 13.3. The number of pyridine rings is 1. The van der Waals surface area contributed by atoms with Gasteiger partial charge >= 0.3 is 0 Å². The molecule has 0 saturated heterocycles. The van der Waals surface area contributed by atoms with Crippen LogP contribution in [0.25, 0.3) is 0 Å². The van der Waals surface area contributed by atoms with Gasteiger partial charge in [0.1, 0.15) is 18.4 Å². The summed E-state index contributed by atoms with van der Waals surface area (Å²) in [6, 6.07) is 20.6. The van der Waals surface area contributed by atoms with Crippen molar-refractivity contribution >= 4 is 17.5 Å². The number of rotatable bonds is 6. The Hall–Kier alpha value is -4.53. The van der Waals surface area contributed by atoms with E-state index in [4.69, 9.17) is 4.74 Å². The molecular weight excluding hydrogens is 418 g/mol. The third kappa shape index (κ3) is 4.29. The number of nitrogens with one attached hydrogen (secondary N) is 2. The molecule has 0 radical (unpaired) electrons. The van der Waals surface area contributed by atoms with Crippen molar-refractivity contribution in [3.8, 4) is 5.75 Å². The molecule has 0 bridgehead atoms. The van der Waals surface area contributed by atoms with Gasteiger partial charge in [-0.2, -0.15) is 4.68 Å². The molecule has 33 heavy (non-hydrogen) atoms. The Morgan fingerprint density at radius 3 is 2.82 bits per heavy atom. The number of carbonyl (C=O) groups excluding carboxylic acids is 1. The molecule has 9 heteroatoms. The van der Waals surface area contributed by atoms with E-state index in [-0.39, 0.29) is 5.91 Å². The molecule has 1 aliphatic rings. The molecule has 0 fully saturated rings. The second-order valence-electron chi connectivity index (χ2n) is 7.56. The number of nitrogens with zero attached hydrogens (tertiary/aromatic N) is 5. The first-order chi connectivity index (χ1) is 16.2. The summed E-state index contributed by atoms with van der Waals surface area (Å²) in [5.41, 5.74) is 3.66. The fourth-order valence-corrected chi connectivity index (χ4v) is 3.77. The van der Waals surface area contributed by atoms with Crippen LogP contribution in [0, 0.1) is 0 Å². The molecule has 0 saturated carbocycles. The van der Waals surface area contributed by atoms with Crippen molar-refractivity contribution in [2.24, 2.45) is 0 Å². The lowest BCUT2D eigenvalue weighted by molar-refractivity contribution is -0.113. The summed E-state index contributed by atoms with van der Waals surface area (Å²) in [5.74, 6) is 0.884. The number of tetrazole rings is 1. The van der Waals surface area contributed by atoms with Crippen LogP contribution in [-0.4, -0.2) is 31.1 Å². The van der Waals surface area contributed by atoms with Crippen LogP contribution in [0.5, 0.6) is 5.75 Å². The predicted octanol–water partition coefficient (Wildman–Crippen LogP) is 3.57. The molecule has 5 rings (SSSR count). The number of carbonyl (C=O) groups is 1. The third-order valence-electron chi connectivity index (χ3n) is 5.30. The van der Waals surface area contributed by atoms with E-state index in [1.54, 1.807) is 29.2 Å². The number of hydrogen-bond donors (Lipinski definition) is 2. The fraction of sp³-hybridized carbons (Fsp3) is 0.125. The molecule has 3 heterocycles. The highest BCUT2D eigenvalue weighted by molar-refractivity contribution is 6.05. The Balaban J connectivity index is 1.47. The quantitative estimate of drug-likeness (QED) is 0.473. The molecule has 0 unspecified atom stereocenters. The van der Waals surface area contributed by atoms with Gasteiger partial charge in [0.15, 0.2) is 0 Å². The van der Waals surface area contributed by atoms with Gasteiger partial charge in [-0.3, -0.25) is 9.78 Å². The molecule has 9 nitrogen and oxygen atoms in total. The molecule has 4 aromatic rings. The number of aromatic nitrogens is 5. The van der Waals surface area contributed by atoms with E-state index in [2.05, 4.69) is 31.1 Å². The Morgan fingerprint density at radius 1 is 1.12 bits per heavy atom. The minimum Gasteiger partial charge on any atom is -0.489 e. The largest absolute Gasteiger partial charge is 0.489 e. The lowest BCUT2D eigenvalue weighted by atomic mass is 9.95. The van der Waals surface area contributed by atoms with Gasteiger partial charge in [0.2, 0.25) is 5.95 Å². The Labute approximate surface area is 190 Å². The Bertz CT molecular complexity index is 1300. The van der Waals surface area contributed by atoms with Crippen molar-refractivity contribution in [2.75, 3.05) is 10.6 Å². The molecule has 1 aliphatic heterocycles. The number of benzene rings is 2. The summed E-state index contributed by atoms with van der Waals surface area (Å²) < 4.78 is 7.61. The van der Waals surface area contributed by atoms with E-state index in [0.717, 1.165) is 11.1 Å². The number of amides is 1. The van der Waals surface area contributed by atoms with Gasteiger partial charge in [0.05, 0.1) is 17.5 Å². The van der Waals surface area contributed by atoms with Gasteiger partial charge in [-0.15, -0.1) is 0 Å². The minimum absolute atomic E-state index is 0.269. The normalized spacial score (nSPS) is 14.9. The van der Waals surface area contributed by atoms with E-state index < -0.39 is 6.04 Å². The molecule has 1 atom stereocenters. The van der Waals surface area contributed by atoms with Crippen LogP contribution in [0.4, 0.5) is 11.6 Å². The number of fused-ring (bicyclic) bond motifs is 1. The van der Waals surface area contributed by atoms with Crippen LogP contribution in [0.2, 0.25) is 0 Å². The SMILES string of the molecule is CC1=C(C(=O)Nc2cccnc2)[C@H](c2cccc(OCc3ccccc3)c2)n2nnnc2N1. The van der Waals surface area contributed by atoms with Crippen molar-refractivity contribution in [3.63, 3.8) is 0 Å². The van der Waals surface area contributed by atoms with Crippen molar-refractivity contribution in [2.45, 2.75) is 19.6 Å². The monoisotopic (exact) mass is 439 g/mol. The first kappa shape index (κ1) is 20.4. The maximum Gasteiger partial charge on any atom is 0.255 e. The van der Waals surface area contributed by atoms with Crippen LogP contribution >= 0.6 is 0 Å². The maximum absolute atomic E-state index is 13.3. The average Bonchev–Trinajstić information content (AvgIpc) is 3.31. The lowest BCUT2D eigenvalue weighted by Gasteiger charge is -2.28. The summed E-state index contributed by atoms with van der Waals surface area (Å²) in [7, 11) is 0. The van der Waals surface area contributed by atoms with Gasteiger partial charge in [-0.25, -0.2) is 0 Å². The topological polar surface area (TPSA) is 107 Å². The summed E-state index contributed by atoms with van der Waals surface area (Å²) in [5, 5.41) is 18.0. The second-order valence-corrected chi connectivity index (χ2v) is 7.56. The van der Waals surface area contributed by atoms with Gasteiger partial charge in [0.25, 0.3) is 5.91 Å². The molecule has 164 valence electrons. The van der Waals surface area contributed by atoms with Crippen molar-refractivity contribution in [1.82, 2.24) is 25.2 Å². The zero-order valence-corrected chi connectivity index (χ0v) is 17.8. The predicted molar refractivity (Wildman–Crippen MR) is 122 cm³/mol. The Morgan fingerprint density at radius 2 is 2.00 bits per heavy atom. The van der Waals surface area contributed by atoms with Crippen molar-refractivity contribution < 1.29 is 9.53 Å². The smallest absolute Gasteiger partial charge is 0.255 e. The molecule has 2 N–H and O–H groups in total. The minimum atomic E-state index is -0.534. The zero-order valence-electron chi connectivity index (χ0n) is 17.8. The van der Waals surface area contributed by atoms with E-state index in [1.165, 1.54) is 0 Å². The number of anilines is 2. The average molecular weight is 439 g/mol. The van der Waals surface area contributed by atoms with Crippen LogP contribution in [-0.2, 0) is 11.4 Å². The second kappa shape index (κ2) is 8.91. The van der Waals surface area contributed by atoms with Gasteiger partial charge < -0.3 is 15.4 Å². The molecule has 2 aromatic heterocycles. The molecule has 1 amide bonds. The van der Waals surface area contributed by atoms with Crippen LogP contribution in [0.3, 0.4) is 0 Å². The summed E-state index contributed by atoms with van der Waals surface area (Å²) in [6.45, 7) is 2.27. The molecular formula is C24H21N7O2. The van der Waals surface area contributed by atoms with E-state index in [0.29, 0.717) is 35.3 Å². The molecule has 0 spiro atoms. The van der Waals surface area contributed by atoms with Gasteiger partial charge in [-0.05, 0) is 52.7 Å². The first-order valence-electron chi connectivity index (χ1n) is 10.4. The highest BCUT2D eigenvalue weighted by atomic mass is 16.5. The standard InChI is InChI=1S/C24H21N7O2/c1-16-21(23(32)27-19-10-6-12-25-14-19)22(31-24(26-16)28-29-30-31)18-9-5-11-20(13-18)33-15-17-7-3-2-4-8-17/h2-14,22H,15H2,1H3,(H,27,32)(H,26,28,30)/t22-/m0/s1. The number of ether oxygens (including phenoxy) is 1. The van der Waals surface area contributed by atoms with Crippen molar-refractivity contribution in [3.05, 3.63) is 102 Å². The van der Waals surface area contributed by atoms with Crippen LogP contribution in [0.15, 0.2) is 90.4 Å². The van der Waals surface area contributed by atoms with Crippen LogP contribution in [0.1, 0.15) is 24.1 Å². The van der Waals surface area contributed by atoms with E-state index in [1.807, 2.05) is 61.5 Å². The first-order valence-corrected chi connectivity index (χ1v) is 10.4. The molecule has 2 aromatic carbocycles. The third-order valence-corrected chi connectivity index (χ3v) is 5.30. The van der Waals surface area contributed by atoms with Gasteiger partial charge in [0, 0.05) is 11.9 Å². The highest BCUT2D eigenvalue weighted by Crippen LogP contribution is 2.36. The molecule has 0 aliphatic carbocycles. The summed E-state index contributed by atoms with van der Waals surface area (Å²) >= 11 is 0. The highest BCUT2D eigenvalue weighted by Gasteiger charge is 2.34. The lowest BCUT2D eigenvalue weighted by Crippen LogP contribution is -2.31. The zero-order chi connectivity index (χ0) is 22.6. The van der Waals surface area contributed by atoms with Crippen LogP contribution < -0.4 is 15.4 Å². The Kier molecular flexibility index (Phi) is 5.50. The van der Waals surface area contributed by atoms with Gasteiger partial charge in [-0.1, -0.05) is 47.6 Å².